The number of rotatable bonds is 5. The van der Waals surface area contributed by atoms with E-state index in [4.69, 9.17) is 5.21 Å². The minimum atomic E-state index is -1.53. The lowest BCUT2D eigenvalue weighted by Gasteiger charge is -2.25. The number of carbonyl (C=O) groups is 3. The maximum absolute atomic E-state index is 12.9. The summed E-state index contributed by atoms with van der Waals surface area (Å²) in [5.41, 5.74) is 2.79. The molecular formula is C17H17FN4O4. The lowest BCUT2D eigenvalue weighted by atomic mass is 10.1. The highest BCUT2D eigenvalue weighted by Gasteiger charge is 2.33. The summed E-state index contributed by atoms with van der Waals surface area (Å²) in [7, 11) is 2.58. The van der Waals surface area contributed by atoms with Crippen LogP contribution >= 0.6 is 0 Å². The van der Waals surface area contributed by atoms with E-state index < -0.39 is 29.6 Å². The summed E-state index contributed by atoms with van der Waals surface area (Å²) in [6.07, 6.45) is 1.09. The molecule has 8 nitrogen and oxygen atoms in total. The summed E-state index contributed by atoms with van der Waals surface area (Å²) in [6, 6.07) is 7.47. The number of aromatic nitrogens is 1. The van der Waals surface area contributed by atoms with E-state index in [1.54, 1.807) is 12.1 Å². The fraction of sp³-hybridized carbons (Fsp3) is 0.176. The monoisotopic (exact) mass is 360 g/mol. The van der Waals surface area contributed by atoms with Crippen LogP contribution in [0.5, 0.6) is 0 Å². The van der Waals surface area contributed by atoms with E-state index in [1.165, 1.54) is 43.8 Å². The van der Waals surface area contributed by atoms with Gasteiger partial charge in [0.1, 0.15) is 5.82 Å². The number of hydrogen-bond donors (Lipinski definition) is 3. The topological polar surface area (TPSA) is 112 Å². The van der Waals surface area contributed by atoms with E-state index >= 15 is 0 Å². The van der Waals surface area contributed by atoms with Gasteiger partial charge in [-0.3, -0.25) is 24.6 Å². The van der Waals surface area contributed by atoms with Gasteiger partial charge in [-0.2, -0.15) is 0 Å². The molecular weight excluding hydrogens is 343 g/mol. The van der Waals surface area contributed by atoms with Crippen molar-refractivity contribution in [3.05, 3.63) is 54.0 Å². The summed E-state index contributed by atoms with van der Waals surface area (Å²) >= 11 is 0. The molecule has 0 bridgehead atoms. The van der Waals surface area contributed by atoms with Crippen LogP contribution < -0.4 is 10.8 Å². The minimum Gasteiger partial charge on any atom is -0.357 e. The van der Waals surface area contributed by atoms with Crippen LogP contribution in [0.4, 0.5) is 4.39 Å². The van der Waals surface area contributed by atoms with Gasteiger partial charge < -0.3 is 10.2 Å². The molecule has 2 rings (SSSR count). The van der Waals surface area contributed by atoms with Crippen LogP contribution in [-0.2, 0) is 9.59 Å². The molecule has 0 fully saturated rings. The number of hydrogen-bond acceptors (Lipinski definition) is 5. The van der Waals surface area contributed by atoms with Crippen LogP contribution in [-0.4, -0.2) is 52.9 Å². The second kappa shape index (κ2) is 8.17. The van der Waals surface area contributed by atoms with Crippen molar-refractivity contribution in [1.29, 1.82) is 0 Å². The number of pyridine rings is 1. The van der Waals surface area contributed by atoms with E-state index in [9.17, 15) is 18.8 Å². The van der Waals surface area contributed by atoms with Crippen LogP contribution in [0.2, 0.25) is 0 Å². The van der Waals surface area contributed by atoms with Crippen molar-refractivity contribution in [2.24, 2.45) is 0 Å². The number of hydroxylamine groups is 1. The Hall–Kier alpha value is -3.33. The molecule has 3 amide bonds. The molecule has 0 aliphatic rings. The van der Waals surface area contributed by atoms with E-state index in [0.717, 1.165) is 11.1 Å². The highest BCUT2D eigenvalue weighted by atomic mass is 19.1. The fourth-order valence-corrected chi connectivity index (χ4v) is 2.32. The quantitative estimate of drug-likeness (QED) is 0.410. The van der Waals surface area contributed by atoms with E-state index in [0.29, 0.717) is 11.3 Å². The molecule has 0 radical (unpaired) electrons. The lowest BCUT2D eigenvalue weighted by molar-refractivity contribution is -0.140. The summed E-state index contributed by atoms with van der Waals surface area (Å²) < 4.78 is 12.9. The first-order chi connectivity index (χ1) is 12.4. The molecule has 0 saturated carbocycles. The number of amides is 3. The highest BCUT2D eigenvalue weighted by Crippen LogP contribution is 2.18. The second-order valence-electron chi connectivity index (χ2n) is 5.35. The largest absolute Gasteiger partial charge is 0.357 e. The predicted octanol–water partition coefficient (Wildman–Crippen LogP) is 0.580. The molecule has 1 aromatic carbocycles. The molecule has 0 saturated heterocycles. The van der Waals surface area contributed by atoms with Gasteiger partial charge in [-0.15, -0.1) is 0 Å². The lowest BCUT2D eigenvalue weighted by Crippen LogP contribution is -2.54. The molecule has 1 heterocycles. The van der Waals surface area contributed by atoms with Crippen LogP contribution in [0.3, 0.4) is 0 Å². The Morgan fingerprint density at radius 1 is 1.12 bits per heavy atom. The van der Waals surface area contributed by atoms with Crippen LogP contribution in [0, 0.1) is 5.82 Å². The number of nitrogens with zero attached hydrogens (tertiary/aromatic N) is 2. The Kier molecular flexibility index (Phi) is 5.97. The summed E-state index contributed by atoms with van der Waals surface area (Å²) in [5, 5.41) is 11.0. The van der Waals surface area contributed by atoms with Crippen molar-refractivity contribution in [2.45, 2.75) is 6.04 Å². The van der Waals surface area contributed by atoms with Gasteiger partial charge >= 0.3 is 0 Å². The Morgan fingerprint density at radius 3 is 2.27 bits per heavy atom. The zero-order chi connectivity index (χ0) is 19.3. The van der Waals surface area contributed by atoms with Gasteiger partial charge in [0.25, 0.3) is 17.7 Å². The first kappa shape index (κ1) is 19.0. The van der Waals surface area contributed by atoms with E-state index in [-0.39, 0.29) is 5.56 Å². The van der Waals surface area contributed by atoms with Gasteiger partial charge in [0.05, 0.1) is 11.9 Å². The van der Waals surface area contributed by atoms with E-state index in [2.05, 4.69) is 10.3 Å². The molecule has 26 heavy (non-hydrogen) atoms. The molecule has 0 aliphatic heterocycles. The predicted molar refractivity (Wildman–Crippen MR) is 89.5 cm³/mol. The van der Waals surface area contributed by atoms with Crippen molar-refractivity contribution in [1.82, 2.24) is 20.7 Å². The Bertz CT molecular complexity index is 793. The average molecular weight is 360 g/mol. The number of likely N-dealkylation sites (N-methyl/N-ethyl adjacent to an activating group) is 2. The average Bonchev–Trinajstić information content (AvgIpc) is 2.67. The van der Waals surface area contributed by atoms with Crippen LogP contribution in [0.15, 0.2) is 42.6 Å². The number of carbonyl (C=O) groups excluding carboxylic acids is 3. The van der Waals surface area contributed by atoms with Crippen molar-refractivity contribution >= 4 is 17.7 Å². The molecule has 3 N–H and O–H groups in total. The third-order valence-electron chi connectivity index (χ3n) is 3.72. The first-order valence-corrected chi connectivity index (χ1v) is 7.53. The zero-order valence-corrected chi connectivity index (χ0v) is 14.1. The number of halogens is 1. The van der Waals surface area contributed by atoms with Crippen LogP contribution in [0.1, 0.15) is 10.4 Å². The Balaban J connectivity index is 2.24. The summed E-state index contributed by atoms with van der Waals surface area (Å²) in [6.45, 7) is 0. The molecule has 1 aromatic heterocycles. The SMILES string of the molecule is CNC(=O)C(C(=O)NO)N(C)C(=O)c1ccc(-c2ccc(F)cn2)cc1. The Morgan fingerprint density at radius 2 is 1.77 bits per heavy atom. The van der Waals surface area contributed by atoms with Gasteiger partial charge in [0, 0.05) is 25.2 Å². The van der Waals surface area contributed by atoms with Gasteiger partial charge in [-0.25, -0.2) is 9.87 Å². The normalized spacial score (nSPS) is 11.4. The second-order valence-corrected chi connectivity index (χ2v) is 5.35. The van der Waals surface area contributed by atoms with Gasteiger partial charge in [0.15, 0.2) is 6.04 Å². The van der Waals surface area contributed by atoms with Crippen LogP contribution in [0.25, 0.3) is 11.3 Å². The highest BCUT2D eigenvalue weighted by molar-refractivity contribution is 6.08. The number of nitrogens with one attached hydrogen (secondary N) is 2. The molecule has 9 heteroatoms. The Labute approximate surface area is 148 Å². The molecule has 1 atom stereocenters. The van der Waals surface area contributed by atoms with Gasteiger partial charge in [0.2, 0.25) is 0 Å². The molecule has 1 unspecified atom stereocenters. The third kappa shape index (κ3) is 4.01. The summed E-state index contributed by atoms with van der Waals surface area (Å²) in [5.74, 6) is -2.84. The molecule has 136 valence electrons. The maximum atomic E-state index is 12.9. The van der Waals surface area contributed by atoms with Crippen molar-refractivity contribution in [2.75, 3.05) is 14.1 Å². The fourth-order valence-electron chi connectivity index (χ4n) is 2.32. The standard InChI is InChI=1S/C17H17FN4O4/c1-19-15(23)14(16(24)21-26)22(2)17(25)11-5-3-10(4-6-11)13-8-7-12(18)9-20-13/h3-9,14,26H,1-2H3,(H,19,23)(H,21,24). The minimum absolute atomic E-state index is 0.220. The third-order valence-corrected chi connectivity index (χ3v) is 3.72. The van der Waals surface area contributed by atoms with Crippen molar-refractivity contribution < 1.29 is 24.0 Å². The van der Waals surface area contributed by atoms with Gasteiger partial charge in [-0.05, 0) is 24.3 Å². The molecule has 0 spiro atoms. The summed E-state index contributed by atoms with van der Waals surface area (Å²) in [4.78, 5) is 40.9. The van der Waals surface area contributed by atoms with E-state index in [1.807, 2.05) is 0 Å². The molecule has 2 aromatic rings. The van der Waals surface area contributed by atoms with Crippen molar-refractivity contribution in [3.63, 3.8) is 0 Å². The van der Waals surface area contributed by atoms with Crippen molar-refractivity contribution in [3.8, 4) is 11.3 Å². The number of benzene rings is 1. The smallest absolute Gasteiger partial charge is 0.275 e. The maximum Gasteiger partial charge on any atom is 0.275 e. The van der Waals surface area contributed by atoms with Gasteiger partial charge in [-0.1, -0.05) is 12.1 Å². The molecule has 0 aliphatic carbocycles. The zero-order valence-electron chi connectivity index (χ0n) is 14.1. The first-order valence-electron chi connectivity index (χ1n) is 7.53.